The number of aromatic carboxylic acids is 1. The summed E-state index contributed by atoms with van der Waals surface area (Å²) in [6.07, 6.45) is 0.971. The first-order valence-electron chi connectivity index (χ1n) is 13.4. The molecule has 4 aromatic rings. The molecule has 1 saturated heterocycles. The number of pyridine rings is 1. The Morgan fingerprint density at radius 2 is 1.68 bits per heavy atom. The third-order valence-corrected chi connectivity index (χ3v) is 7.67. The standard InChI is InChI=1S/C31H31FN4O4/c1-20-19-39-30-27-23(17-25(32)28(30)35-15-13-34(2)14-16-35)26(24(31(37)38)18-36(20)27)33-40-29(21-9-5-3-6-10-21)22-11-7-4-8-12-22/h3-12,17-18,20,29H,13-16,19H2,1-2H3,(H,37,38)/t20-/m0/s1. The van der Waals surface area contributed by atoms with Crippen LogP contribution in [0.2, 0.25) is 0 Å². The van der Waals surface area contributed by atoms with Crippen molar-refractivity contribution >= 4 is 22.6 Å². The summed E-state index contributed by atoms with van der Waals surface area (Å²) < 4.78 is 24.0. The van der Waals surface area contributed by atoms with Gasteiger partial charge >= 0.3 is 5.97 Å². The van der Waals surface area contributed by atoms with Gasteiger partial charge in [0.05, 0.1) is 11.6 Å². The van der Waals surface area contributed by atoms with Crippen molar-refractivity contribution in [2.75, 3.05) is 44.7 Å². The molecule has 3 aromatic carbocycles. The number of ether oxygens (including phenoxy) is 1. The Bertz CT molecular complexity index is 1580. The summed E-state index contributed by atoms with van der Waals surface area (Å²) in [6, 6.07) is 20.4. The third kappa shape index (κ3) is 4.66. The van der Waals surface area contributed by atoms with E-state index in [1.165, 1.54) is 6.07 Å². The number of benzene rings is 3. The molecule has 6 rings (SSSR count). The zero-order chi connectivity index (χ0) is 27.8. The first kappa shape index (κ1) is 25.9. The largest absolute Gasteiger partial charge is 0.487 e. The first-order valence-corrected chi connectivity index (χ1v) is 13.4. The predicted octanol–water partition coefficient (Wildman–Crippen LogP) is 4.81. The molecule has 0 bridgehead atoms. The number of rotatable bonds is 6. The average molecular weight is 543 g/mol. The smallest absolute Gasteiger partial charge is 0.339 e. The van der Waals surface area contributed by atoms with E-state index < -0.39 is 17.9 Å². The summed E-state index contributed by atoms with van der Waals surface area (Å²) in [5.74, 6) is -1.24. The zero-order valence-electron chi connectivity index (χ0n) is 22.5. The lowest BCUT2D eigenvalue weighted by Gasteiger charge is -2.37. The van der Waals surface area contributed by atoms with Crippen molar-refractivity contribution in [3.63, 3.8) is 0 Å². The maximum atomic E-state index is 16.0. The van der Waals surface area contributed by atoms with E-state index >= 15 is 4.39 Å². The fourth-order valence-electron chi connectivity index (χ4n) is 5.48. The monoisotopic (exact) mass is 542 g/mol. The molecule has 0 unspecified atom stereocenters. The lowest BCUT2D eigenvalue weighted by molar-refractivity contribution is 0.0670. The van der Waals surface area contributed by atoms with Gasteiger partial charge in [-0.2, -0.15) is 0 Å². The number of carboxylic acids is 1. The molecule has 2 aliphatic rings. The summed E-state index contributed by atoms with van der Waals surface area (Å²) in [5.41, 5.74) is 2.65. The van der Waals surface area contributed by atoms with Crippen LogP contribution < -0.4 is 15.0 Å². The van der Waals surface area contributed by atoms with Gasteiger partial charge in [0, 0.05) is 37.8 Å². The molecule has 0 radical (unpaired) electrons. The van der Waals surface area contributed by atoms with Crippen LogP contribution in [0.1, 0.15) is 40.6 Å². The molecule has 1 N–H and O–H groups in total. The van der Waals surface area contributed by atoms with Gasteiger partial charge < -0.3 is 29.0 Å². The number of nitrogens with zero attached hydrogens (tertiary/aromatic N) is 4. The van der Waals surface area contributed by atoms with Gasteiger partial charge in [-0.25, -0.2) is 9.18 Å². The lowest BCUT2D eigenvalue weighted by Crippen LogP contribution is -2.45. The minimum atomic E-state index is -1.17. The Labute approximate surface area is 231 Å². The molecule has 1 aromatic heterocycles. The van der Waals surface area contributed by atoms with Gasteiger partial charge in [0.2, 0.25) is 0 Å². The SMILES string of the molecule is C[C@H]1COc2c(N3CCN(C)CC3)c(F)cc3c(=NOC(c4ccccc4)c4ccccc4)c(C(=O)O)cn1c23. The number of hydrogen-bond donors (Lipinski definition) is 1. The van der Waals surface area contributed by atoms with Gasteiger partial charge in [0.25, 0.3) is 0 Å². The van der Waals surface area contributed by atoms with Gasteiger partial charge in [-0.3, -0.25) is 0 Å². The van der Waals surface area contributed by atoms with Crippen LogP contribution in [0, 0.1) is 5.82 Å². The Kier molecular flexibility index (Phi) is 6.89. The number of carboxylic acid groups (broad SMARTS) is 1. The Balaban J connectivity index is 1.56. The molecular formula is C31H31FN4O4. The maximum absolute atomic E-state index is 16.0. The van der Waals surface area contributed by atoms with E-state index in [0.29, 0.717) is 42.0 Å². The van der Waals surface area contributed by atoms with Gasteiger partial charge in [0.15, 0.2) is 17.7 Å². The minimum absolute atomic E-state index is 0.0541. The number of likely N-dealkylation sites (N-methyl/N-ethyl adjacent to an activating group) is 1. The second-order valence-electron chi connectivity index (χ2n) is 10.4. The number of anilines is 1. The fraction of sp³-hybridized carbons (Fsp3) is 0.290. The van der Waals surface area contributed by atoms with Crippen molar-refractivity contribution in [3.8, 4) is 5.75 Å². The van der Waals surface area contributed by atoms with E-state index in [4.69, 9.17) is 9.57 Å². The molecule has 3 heterocycles. The molecule has 9 heteroatoms. The summed E-state index contributed by atoms with van der Waals surface area (Å²) in [6.45, 7) is 5.18. The minimum Gasteiger partial charge on any atom is -0.487 e. The highest BCUT2D eigenvalue weighted by Crippen LogP contribution is 2.42. The van der Waals surface area contributed by atoms with Crippen LogP contribution in [0.5, 0.6) is 5.75 Å². The van der Waals surface area contributed by atoms with Crippen LogP contribution in [-0.4, -0.2) is 60.4 Å². The normalized spacial score (nSPS) is 17.8. The highest BCUT2D eigenvalue weighted by molar-refractivity contribution is 5.97. The third-order valence-electron chi connectivity index (χ3n) is 7.67. The molecule has 0 amide bonds. The van der Waals surface area contributed by atoms with Crippen molar-refractivity contribution in [2.24, 2.45) is 5.16 Å². The van der Waals surface area contributed by atoms with E-state index in [1.807, 2.05) is 84.1 Å². The number of aromatic nitrogens is 1. The van der Waals surface area contributed by atoms with Crippen molar-refractivity contribution in [3.05, 3.63) is 101 Å². The van der Waals surface area contributed by atoms with Gasteiger partial charge in [-0.15, -0.1) is 0 Å². The molecule has 0 saturated carbocycles. The topological polar surface area (TPSA) is 79.5 Å². The summed E-state index contributed by atoms with van der Waals surface area (Å²) in [5, 5.41) is 15.0. The van der Waals surface area contributed by atoms with Gasteiger partial charge in [0.1, 0.15) is 23.2 Å². The average Bonchev–Trinajstić information content (AvgIpc) is 2.97. The molecule has 2 aliphatic heterocycles. The Morgan fingerprint density at radius 3 is 2.27 bits per heavy atom. The lowest BCUT2D eigenvalue weighted by atomic mass is 10.0. The molecule has 0 spiro atoms. The van der Waals surface area contributed by atoms with Crippen LogP contribution in [0.3, 0.4) is 0 Å². The number of carbonyl (C=O) groups is 1. The number of hydrogen-bond acceptors (Lipinski definition) is 6. The molecule has 0 aliphatic carbocycles. The highest BCUT2D eigenvalue weighted by Gasteiger charge is 2.31. The van der Waals surface area contributed by atoms with Crippen LogP contribution in [0.15, 0.2) is 78.1 Å². The second kappa shape index (κ2) is 10.7. The van der Waals surface area contributed by atoms with Crippen LogP contribution in [0.4, 0.5) is 10.1 Å². The van der Waals surface area contributed by atoms with Crippen molar-refractivity contribution in [1.82, 2.24) is 9.47 Å². The number of piperazine rings is 1. The molecule has 40 heavy (non-hydrogen) atoms. The van der Waals surface area contributed by atoms with Crippen molar-refractivity contribution in [1.29, 1.82) is 0 Å². The maximum Gasteiger partial charge on any atom is 0.339 e. The summed E-state index contributed by atoms with van der Waals surface area (Å²) in [7, 11) is 2.05. The Hall–Kier alpha value is -4.37. The number of halogens is 1. The van der Waals surface area contributed by atoms with Crippen molar-refractivity contribution < 1.29 is 23.9 Å². The van der Waals surface area contributed by atoms with Crippen molar-refractivity contribution in [2.45, 2.75) is 19.1 Å². The van der Waals surface area contributed by atoms with E-state index in [1.54, 1.807) is 6.20 Å². The molecule has 1 fully saturated rings. The van der Waals surface area contributed by atoms with E-state index in [0.717, 1.165) is 24.2 Å². The quantitative estimate of drug-likeness (QED) is 0.353. The molecule has 206 valence electrons. The molecule has 1 atom stereocenters. The summed E-state index contributed by atoms with van der Waals surface area (Å²) in [4.78, 5) is 22.8. The Morgan fingerprint density at radius 1 is 1.05 bits per heavy atom. The highest BCUT2D eigenvalue weighted by atomic mass is 19.1. The fourth-order valence-corrected chi connectivity index (χ4v) is 5.48. The van der Waals surface area contributed by atoms with Gasteiger partial charge in [-0.1, -0.05) is 65.8 Å². The first-order chi connectivity index (χ1) is 19.4. The van der Waals surface area contributed by atoms with Gasteiger partial charge in [-0.05, 0) is 31.2 Å². The van der Waals surface area contributed by atoms with E-state index in [9.17, 15) is 9.90 Å². The van der Waals surface area contributed by atoms with Crippen LogP contribution in [-0.2, 0) is 4.84 Å². The second-order valence-corrected chi connectivity index (χ2v) is 10.4. The van der Waals surface area contributed by atoms with E-state index in [-0.39, 0.29) is 17.0 Å². The predicted molar refractivity (Wildman–Crippen MR) is 150 cm³/mol. The van der Waals surface area contributed by atoms with Crippen LogP contribution in [0.25, 0.3) is 10.9 Å². The zero-order valence-corrected chi connectivity index (χ0v) is 22.5. The molecular weight excluding hydrogens is 511 g/mol. The van der Waals surface area contributed by atoms with Crippen LogP contribution >= 0.6 is 0 Å². The van der Waals surface area contributed by atoms with E-state index in [2.05, 4.69) is 10.1 Å². The summed E-state index contributed by atoms with van der Waals surface area (Å²) >= 11 is 0. The molecule has 8 nitrogen and oxygen atoms in total.